The monoisotopic (exact) mass is 533 g/mol. The van der Waals surface area contributed by atoms with E-state index < -0.39 is 12.0 Å². The fraction of sp³-hybridized carbons (Fsp3) is 0.0400. The van der Waals surface area contributed by atoms with E-state index in [1.165, 1.54) is 0 Å². The molecular formula is C25H20BrN5O2S. The molecule has 7 nitrogen and oxygen atoms in total. The predicted molar refractivity (Wildman–Crippen MR) is 140 cm³/mol. The van der Waals surface area contributed by atoms with Crippen LogP contribution in [0.25, 0.3) is 11.3 Å². The normalized spacial score (nSPS) is 11.4. The summed E-state index contributed by atoms with van der Waals surface area (Å²) in [7, 11) is 0. The van der Waals surface area contributed by atoms with Crippen LogP contribution in [0.1, 0.15) is 11.6 Å². The Hall–Kier alpha value is -3.66. The van der Waals surface area contributed by atoms with Crippen LogP contribution in [0.4, 0.5) is 11.5 Å². The Bertz CT molecular complexity index is 1280. The topological polar surface area (TPSA) is 102 Å². The van der Waals surface area contributed by atoms with Gasteiger partial charge in [-0.05, 0) is 54.2 Å². The maximum Gasteiger partial charge on any atom is 0.333 e. The highest BCUT2D eigenvalue weighted by atomic mass is 79.9. The van der Waals surface area contributed by atoms with Crippen molar-refractivity contribution in [2.45, 2.75) is 6.04 Å². The minimum atomic E-state index is -0.926. The summed E-state index contributed by atoms with van der Waals surface area (Å²) in [4.78, 5) is 12.6. The molecule has 0 radical (unpaired) electrons. The number of esters is 1. The average Bonchev–Trinajstić information content (AvgIpc) is 2.86. The van der Waals surface area contributed by atoms with Crippen LogP contribution in [0.15, 0.2) is 95.5 Å². The van der Waals surface area contributed by atoms with E-state index in [1.807, 2.05) is 48.5 Å². The number of aromatic nitrogens is 2. The van der Waals surface area contributed by atoms with E-state index in [-0.39, 0.29) is 5.11 Å². The third-order valence-electron chi connectivity index (χ3n) is 4.80. The van der Waals surface area contributed by atoms with E-state index in [0.29, 0.717) is 22.8 Å². The van der Waals surface area contributed by atoms with E-state index in [9.17, 15) is 4.79 Å². The first kappa shape index (κ1) is 23.5. The molecule has 0 bridgehead atoms. The van der Waals surface area contributed by atoms with Crippen molar-refractivity contribution in [3.8, 4) is 17.0 Å². The van der Waals surface area contributed by atoms with Crippen LogP contribution < -0.4 is 21.1 Å². The molecule has 0 saturated carbocycles. The molecule has 0 spiro atoms. The summed E-state index contributed by atoms with van der Waals surface area (Å²) in [6.45, 7) is 0. The molecule has 1 unspecified atom stereocenters. The smallest absolute Gasteiger partial charge is 0.333 e. The van der Waals surface area contributed by atoms with E-state index in [4.69, 9.17) is 22.7 Å². The fourth-order valence-electron chi connectivity index (χ4n) is 3.07. The van der Waals surface area contributed by atoms with Gasteiger partial charge in [-0.2, -0.15) is 0 Å². The van der Waals surface area contributed by atoms with Crippen molar-refractivity contribution < 1.29 is 9.53 Å². The third kappa shape index (κ3) is 6.02. The zero-order valence-corrected chi connectivity index (χ0v) is 20.2. The van der Waals surface area contributed by atoms with E-state index >= 15 is 0 Å². The lowest BCUT2D eigenvalue weighted by Gasteiger charge is -2.16. The highest BCUT2D eigenvalue weighted by molar-refractivity contribution is 9.10. The van der Waals surface area contributed by atoms with Gasteiger partial charge in [0.05, 0.1) is 11.4 Å². The van der Waals surface area contributed by atoms with Crippen molar-refractivity contribution in [3.05, 3.63) is 101 Å². The number of carbonyl (C=O) groups excluding carboxylic acids is 1. The summed E-state index contributed by atoms with van der Waals surface area (Å²) in [5.41, 5.74) is 8.96. The molecule has 4 N–H and O–H groups in total. The highest BCUT2D eigenvalue weighted by Crippen LogP contribution is 2.26. The Balaban J connectivity index is 1.40. The largest absolute Gasteiger partial charge is 0.423 e. The second-order valence-corrected chi connectivity index (χ2v) is 8.52. The molecule has 0 saturated heterocycles. The first-order chi connectivity index (χ1) is 16.5. The van der Waals surface area contributed by atoms with Gasteiger partial charge in [-0.15, -0.1) is 10.2 Å². The van der Waals surface area contributed by atoms with Crippen molar-refractivity contribution in [3.63, 3.8) is 0 Å². The Morgan fingerprint density at radius 3 is 2.29 bits per heavy atom. The summed E-state index contributed by atoms with van der Waals surface area (Å²) in [5, 5.41) is 14.7. The Morgan fingerprint density at radius 2 is 1.59 bits per heavy atom. The molecule has 4 aromatic rings. The van der Waals surface area contributed by atoms with Crippen molar-refractivity contribution in [2.24, 2.45) is 5.73 Å². The number of halogens is 1. The lowest BCUT2D eigenvalue weighted by molar-refractivity contribution is -0.135. The Labute approximate surface area is 210 Å². The molecule has 0 amide bonds. The van der Waals surface area contributed by atoms with Crippen LogP contribution in [-0.4, -0.2) is 21.3 Å². The van der Waals surface area contributed by atoms with Crippen molar-refractivity contribution in [1.29, 1.82) is 0 Å². The van der Waals surface area contributed by atoms with Gasteiger partial charge in [0.1, 0.15) is 6.04 Å². The fourth-order valence-corrected chi connectivity index (χ4v) is 3.55. The van der Waals surface area contributed by atoms with Gasteiger partial charge in [-0.1, -0.05) is 70.5 Å². The van der Waals surface area contributed by atoms with Gasteiger partial charge in [-0.3, -0.25) is 0 Å². The lowest BCUT2D eigenvalue weighted by Crippen LogP contribution is -2.27. The van der Waals surface area contributed by atoms with Crippen LogP contribution in [0.5, 0.6) is 5.75 Å². The summed E-state index contributed by atoms with van der Waals surface area (Å²) >= 11 is 8.76. The molecule has 0 aliphatic rings. The van der Waals surface area contributed by atoms with Crippen LogP contribution in [0, 0.1) is 0 Å². The quantitative estimate of drug-likeness (QED) is 0.174. The number of nitrogens with two attached hydrogens (primary N) is 1. The number of nitrogens with zero attached hydrogens (tertiary/aromatic N) is 2. The van der Waals surface area contributed by atoms with Crippen LogP contribution in [0.3, 0.4) is 0 Å². The summed E-state index contributed by atoms with van der Waals surface area (Å²) in [5.74, 6) is 0.191. The van der Waals surface area contributed by atoms with Crippen molar-refractivity contribution in [1.82, 2.24) is 10.2 Å². The van der Waals surface area contributed by atoms with Crippen LogP contribution in [0.2, 0.25) is 0 Å². The van der Waals surface area contributed by atoms with E-state index in [2.05, 4.69) is 36.8 Å². The van der Waals surface area contributed by atoms with Crippen LogP contribution in [-0.2, 0) is 4.79 Å². The molecule has 1 aromatic heterocycles. The number of benzene rings is 3. The van der Waals surface area contributed by atoms with Crippen molar-refractivity contribution >= 4 is 50.7 Å². The maximum absolute atomic E-state index is 12.6. The Morgan fingerprint density at radius 1 is 0.882 bits per heavy atom. The molecule has 1 atom stereocenters. The first-order valence-corrected chi connectivity index (χ1v) is 11.5. The second-order valence-electron chi connectivity index (χ2n) is 7.20. The molecule has 1 heterocycles. The van der Waals surface area contributed by atoms with E-state index in [1.54, 1.807) is 42.5 Å². The van der Waals surface area contributed by atoms with Crippen LogP contribution >= 0.6 is 28.1 Å². The molecule has 0 fully saturated rings. The SMILES string of the molecule is NC(C(=O)Oc1ccccc1NC(=S)Nc1ccc(-c2ccccc2)nn1)c1ccc(Br)cc1. The number of para-hydroxylation sites is 2. The number of anilines is 2. The number of nitrogens with one attached hydrogen (secondary N) is 2. The number of carbonyl (C=O) groups is 1. The van der Waals surface area contributed by atoms with Gasteiger partial charge < -0.3 is 21.1 Å². The zero-order chi connectivity index (χ0) is 23.9. The zero-order valence-electron chi connectivity index (χ0n) is 17.8. The van der Waals surface area contributed by atoms with Gasteiger partial charge >= 0.3 is 5.97 Å². The number of hydrogen-bond donors (Lipinski definition) is 3. The number of ether oxygens (including phenoxy) is 1. The third-order valence-corrected chi connectivity index (χ3v) is 5.54. The van der Waals surface area contributed by atoms with E-state index in [0.717, 1.165) is 15.7 Å². The number of hydrogen-bond acceptors (Lipinski definition) is 6. The molecule has 0 aliphatic carbocycles. The molecule has 0 aliphatic heterocycles. The highest BCUT2D eigenvalue weighted by Gasteiger charge is 2.19. The van der Waals surface area contributed by atoms with Gasteiger partial charge in [0, 0.05) is 10.0 Å². The summed E-state index contributed by atoms with van der Waals surface area (Å²) < 4.78 is 6.45. The van der Waals surface area contributed by atoms with Gasteiger partial charge in [0.2, 0.25) is 0 Å². The number of rotatable bonds is 6. The lowest BCUT2D eigenvalue weighted by atomic mass is 10.1. The summed E-state index contributed by atoms with van der Waals surface area (Å²) in [6, 6.07) is 26.6. The van der Waals surface area contributed by atoms with Gasteiger partial charge in [0.25, 0.3) is 0 Å². The molecule has 9 heteroatoms. The number of thiocarbonyl (C=S) groups is 1. The molecular weight excluding hydrogens is 514 g/mol. The first-order valence-electron chi connectivity index (χ1n) is 10.3. The summed E-state index contributed by atoms with van der Waals surface area (Å²) in [6.07, 6.45) is 0. The second kappa shape index (κ2) is 11.0. The average molecular weight is 534 g/mol. The molecule has 34 heavy (non-hydrogen) atoms. The predicted octanol–water partition coefficient (Wildman–Crippen LogP) is 5.32. The minimum absolute atomic E-state index is 0.266. The standard InChI is InChI=1S/C25H20BrN5O2S/c26-18-12-10-17(11-13-18)23(27)24(32)33-21-9-5-4-8-20(21)28-25(34)29-22-15-14-19(30-31-22)16-6-2-1-3-7-16/h1-15,23H,27H2,(H2,28,29,31,34). The van der Waals surface area contributed by atoms with Crippen molar-refractivity contribution in [2.75, 3.05) is 10.6 Å². The molecule has 4 rings (SSSR count). The molecule has 170 valence electrons. The van der Waals surface area contributed by atoms with Gasteiger partial charge in [0.15, 0.2) is 16.7 Å². The van der Waals surface area contributed by atoms with Gasteiger partial charge in [-0.25, -0.2) is 4.79 Å². The minimum Gasteiger partial charge on any atom is -0.423 e. The Kier molecular flexibility index (Phi) is 7.58. The maximum atomic E-state index is 12.6. The molecule has 3 aromatic carbocycles.